The summed E-state index contributed by atoms with van der Waals surface area (Å²) in [7, 11) is 3.94. The van der Waals surface area contributed by atoms with Crippen molar-refractivity contribution in [2.75, 3.05) is 19.0 Å². The number of thiophene rings is 1. The molecule has 156 valence electrons. The lowest BCUT2D eigenvalue weighted by molar-refractivity contribution is 0.0754. The largest absolute Gasteiger partial charge is 0.354 e. The van der Waals surface area contributed by atoms with E-state index < -0.39 is 0 Å². The lowest BCUT2D eigenvalue weighted by atomic mass is 10.2. The molecule has 0 saturated heterocycles. The summed E-state index contributed by atoms with van der Waals surface area (Å²) in [5.74, 6) is 1.07. The summed E-state index contributed by atoms with van der Waals surface area (Å²) >= 11 is 1.82. The maximum atomic E-state index is 12.9. The molecule has 4 rings (SSSR count). The van der Waals surface area contributed by atoms with Crippen molar-refractivity contribution < 1.29 is 4.79 Å². The molecule has 3 heterocycles. The highest BCUT2D eigenvalue weighted by Crippen LogP contribution is 2.29. The zero-order chi connectivity index (χ0) is 21.4. The van der Waals surface area contributed by atoms with Gasteiger partial charge in [-0.2, -0.15) is 0 Å². The molecule has 3 aromatic heterocycles. The molecule has 0 saturated carbocycles. The van der Waals surface area contributed by atoms with Crippen molar-refractivity contribution in [2.24, 2.45) is 0 Å². The molecule has 0 radical (unpaired) electrons. The molecule has 0 aliphatic carbocycles. The average Bonchev–Trinajstić information content (AvgIpc) is 3.31. The molecule has 5 nitrogen and oxygen atoms in total. The maximum absolute atomic E-state index is 12.9. The fourth-order valence-electron chi connectivity index (χ4n) is 3.71. The van der Waals surface area contributed by atoms with Gasteiger partial charge in [0.2, 0.25) is 0 Å². The first-order chi connectivity index (χ1) is 14.4. The smallest absolute Gasteiger partial charge is 0.255 e. The van der Waals surface area contributed by atoms with Crippen LogP contribution in [0.2, 0.25) is 0 Å². The van der Waals surface area contributed by atoms with Crippen molar-refractivity contribution in [3.63, 3.8) is 0 Å². The Morgan fingerprint density at radius 1 is 1.17 bits per heavy atom. The summed E-state index contributed by atoms with van der Waals surface area (Å²) in [6.45, 7) is 6.96. The number of anilines is 1. The fraction of sp³-hybridized carbons (Fsp3) is 0.333. The standard InChI is InChI=1S/C24H28N4OS/c1-6-20-23(26(4)15-19-13-17-9-7-8-10-21(17)30-19)28-14-18(11-12-22(28)25-20)24(29)27(5)16(2)3/h7-14,16H,6,15H2,1-5H3. The second-order valence-corrected chi connectivity index (χ2v) is 9.17. The minimum atomic E-state index is 0.0248. The third-order valence-electron chi connectivity index (χ3n) is 5.57. The number of aromatic nitrogens is 2. The maximum Gasteiger partial charge on any atom is 0.255 e. The van der Waals surface area contributed by atoms with Gasteiger partial charge in [-0.3, -0.25) is 9.20 Å². The van der Waals surface area contributed by atoms with Crippen molar-refractivity contribution in [3.8, 4) is 0 Å². The van der Waals surface area contributed by atoms with Crippen molar-refractivity contribution in [1.82, 2.24) is 14.3 Å². The summed E-state index contributed by atoms with van der Waals surface area (Å²) in [6.07, 6.45) is 2.77. The molecule has 0 spiro atoms. The monoisotopic (exact) mass is 420 g/mol. The number of carbonyl (C=O) groups excluding carboxylic acids is 1. The van der Waals surface area contributed by atoms with Gasteiger partial charge in [-0.25, -0.2) is 4.98 Å². The topological polar surface area (TPSA) is 40.9 Å². The van der Waals surface area contributed by atoms with Crippen molar-refractivity contribution in [2.45, 2.75) is 39.8 Å². The Morgan fingerprint density at radius 3 is 2.63 bits per heavy atom. The van der Waals surface area contributed by atoms with E-state index in [-0.39, 0.29) is 11.9 Å². The van der Waals surface area contributed by atoms with E-state index in [2.05, 4.69) is 53.6 Å². The van der Waals surface area contributed by atoms with Gasteiger partial charge >= 0.3 is 0 Å². The van der Waals surface area contributed by atoms with E-state index in [9.17, 15) is 4.79 Å². The Labute approximate surface area is 181 Å². The predicted molar refractivity (Wildman–Crippen MR) is 126 cm³/mol. The number of nitrogens with zero attached hydrogens (tertiary/aromatic N) is 4. The van der Waals surface area contributed by atoms with E-state index in [1.165, 1.54) is 15.0 Å². The highest BCUT2D eigenvalue weighted by molar-refractivity contribution is 7.19. The molecule has 0 N–H and O–H groups in total. The molecular formula is C24H28N4OS. The number of aryl methyl sites for hydroxylation is 1. The van der Waals surface area contributed by atoms with Crippen LogP contribution >= 0.6 is 11.3 Å². The lowest BCUT2D eigenvalue weighted by Crippen LogP contribution is -2.33. The van der Waals surface area contributed by atoms with Crippen LogP contribution in [0.4, 0.5) is 5.82 Å². The summed E-state index contributed by atoms with van der Waals surface area (Å²) < 4.78 is 3.37. The fourth-order valence-corrected chi connectivity index (χ4v) is 4.83. The van der Waals surface area contributed by atoms with Crippen LogP contribution in [-0.4, -0.2) is 40.3 Å². The highest BCUT2D eigenvalue weighted by Gasteiger charge is 2.19. The Balaban J connectivity index is 1.72. The molecule has 1 aromatic carbocycles. The molecule has 1 amide bonds. The molecular weight excluding hydrogens is 392 g/mol. The van der Waals surface area contributed by atoms with Gasteiger partial charge in [0, 0.05) is 35.9 Å². The molecule has 0 bridgehead atoms. The van der Waals surface area contributed by atoms with E-state index in [1.807, 2.05) is 50.6 Å². The summed E-state index contributed by atoms with van der Waals surface area (Å²) in [5.41, 5.74) is 2.59. The third kappa shape index (κ3) is 3.67. The molecule has 4 aromatic rings. The van der Waals surface area contributed by atoms with Gasteiger partial charge in [0.05, 0.1) is 17.8 Å². The minimum Gasteiger partial charge on any atom is -0.354 e. The number of fused-ring (bicyclic) bond motifs is 2. The van der Waals surface area contributed by atoms with Crippen molar-refractivity contribution in [1.29, 1.82) is 0 Å². The van der Waals surface area contributed by atoms with Crippen LogP contribution in [0.25, 0.3) is 15.7 Å². The van der Waals surface area contributed by atoms with E-state index >= 15 is 0 Å². The highest BCUT2D eigenvalue weighted by atomic mass is 32.1. The number of carbonyl (C=O) groups is 1. The number of amides is 1. The summed E-state index contributed by atoms with van der Waals surface area (Å²) in [6, 6.07) is 14.7. The van der Waals surface area contributed by atoms with Crippen LogP contribution < -0.4 is 4.90 Å². The first-order valence-corrected chi connectivity index (χ1v) is 11.2. The third-order valence-corrected chi connectivity index (χ3v) is 6.67. The van der Waals surface area contributed by atoms with Crippen LogP contribution in [0.3, 0.4) is 0 Å². The lowest BCUT2D eigenvalue weighted by Gasteiger charge is -2.22. The van der Waals surface area contributed by atoms with Gasteiger partial charge in [-0.15, -0.1) is 11.3 Å². The second-order valence-electron chi connectivity index (χ2n) is 8.00. The van der Waals surface area contributed by atoms with Crippen LogP contribution in [0.5, 0.6) is 0 Å². The molecule has 0 atom stereocenters. The quantitative estimate of drug-likeness (QED) is 0.429. The van der Waals surface area contributed by atoms with Gasteiger partial charge in [0.25, 0.3) is 5.91 Å². The number of hydrogen-bond donors (Lipinski definition) is 0. The Morgan fingerprint density at radius 2 is 1.93 bits per heavy atom. The van der Waals surface area contributed by atoms with Crippen molar-refractivity contribution in [3.05, 3.63) is 64.8 Å². The zero-order valence-electron chi connectivity index (χ0n) is 18.2. The molecule has 0 aliphatic rings. The predicted octanol–water partition coefficient (Wildman–Crippen LogP) is 5.23. The zero-order valence-corrected chi connectivity index (χ0v) is 19.0. The number of benzene rings is 1. The number of rotatable bonds is 6. The molecule has 0 aliphatic heterocycles. The Hall–Kier alpha value is -2.86. The van der Waals surface area contributed by atoms with Gasteiger partial charge in [0.15, 0.2) is 0 Å². The van der Waals surface area contributed by atoms with E-state index in [1.54, 1.807) is 4.90 Å². The number of pyridine rings is 1. The Bertz CT molecular complexity index is 1170. The summed E-state index contributed by atoms with van der Waals surface area (Å²) in [5, 5.41) is 1.28. The number of imidazole rings is 1. The van der Waals surface area contributed by atoms with Crippen LogP contribution in [0.15, 0.2) is 48.7 Å². The molecule has 0 unspecified atom stereocenters. The number of hydrogen-bond acceptors (Lipinski definition) is 4. The molecule has 0 fully saturated rings. The first-order valence-electron chi connectivity index (χ1n) is 10.4. The minimum absolute atomic E-state index is 0.0248. The van der Waals surface area contributed by atoms with E-state index in [0.717, 1.165) is 30.1 Å². The average molecular weight is 421 g/mol. The van der Waals surface area contributed by atoms with E-state index in [0.29, 0.717) is 5.56 Å². The summed E-state index contributed by atoms with van der Waals surface area (Å²) in [4.78, 5) is 23.0. The normalized spacial score (nSPS) is 11.5. The first kappa shape index (κ1) is 20.4. The van der Waals surface area contributed by atoms with Gasteiger partial charge in [-0.1, -0.05) is 25.1 Å². The van der Waals surface area contributed by atoms with Crippen LogP contribution in [0, 0.1) is 0 Å². The van der Waals surface area contributed by atoms with Crippen molar-refractivity contribution >= 4 is 38.8 Å². The Kier molecular flexibility index (Phi) is 5.52. The SMILES string of the molecule is CCc1nc2ccc(C(=O)N(C)C(C)C)cn2c1N(C)Cc1cc2ccccc2s1. The van der Waals surface area contributed by atoms with Gasteiger partial charge in [0.1, 0.15) is 11.5 Å². The molecule has 30 heavy (non-hydrogen) atoms. The molecule has 6 heteroatoms. The van der Waals surface area contributed by atoms with Crippen LogP contribution in [0.1, 0.15) is 41.7 Å². The second kappa shape index (κ2) is 8.11. The van der Waals surface area contributed by atoms with Gasteiger partial charge in [-0.05, 0) is 49.9 Å². The van der Waals surface area contributed by atoms with Gasteiger partial charge < -0.3 is 9.80 Å². The van der Waals surface area contributed by atoms with E-state index in [4.69, 9.17) is 4.98 Å². The van der Waals surface area contributed by atoms with Crippen LogP contribution in [-0.2, 0) is 13.0 Å².